The van der Waals surface area contributed by atoms with E-state index in [9.17, 15) is 4.79 Å². The van der Waals surface area contributed by atoms with Crippen molar-refractivity contribution in [2.24, 2.45) is 0 Å². The Kier molecular flexibility index (Phi) is 2.76. The predicted molar refractivity (Wildman–Crippen MR) is 58.6 cm³/mol. The number of aromatic nitrogens is 4. The van der Waals surface area contributed by atoms with Gasteiger partial charge in [0.05, 0.1) is 5.69 Å². The Morgan fingerprint density at radius 2 is 2.19 bits per heavy atom. The van der Waals surface area contributed by atoms with Gasteiger partial charge in [-0.3, -0.25) is 9.78 Å². The zero-order valence-electron chi connectivity index (χ0n) is 9.16. The molecule has 16 heavy (non-hydrogen) atoms. The zero-order chi connectivity index (χ0) is 11.5. The van der Waals surface area contributed by atoms with Gasteiger partial charge in [0.25, 0.3) is 0 Å². The molecule has 0 N–H and O–H groups in total. The van der Waals surface area contributed by atoms with Gasteiger partial charge in [-0.05, 0) is 12.1 Å². The lowest BCUT2D eigenvalue weighted by Crippen LogP contribution is -2.02. The lowest BCUT2D eigenvalue weighted by atomic mass is 10.2. The number of rotatable bonds is 3. The minimum atomic E-state index is 0.262. The van der Waals surface area contributed by atoms with Crippen LogP contribution >= 0.6 is 0 Å². The van der Waals surface area contributed by atoms with Crippen LogP contribution in [0.15, 0.2) is 24.7 Å². The van der Waals surface area contributed by atoms with E-state index in [1.165, 1.54) is 0 Å². The Morgan fingerprint density at radius 1 is 1.38 bits per heavy atom. The molecule has 0 saturated heterocycles. The Labute approximate surface area is 93.2 Å². The van der Waals surface area contributed by atoms with Crippen LogP contribution in [0, 0.1) is 0 Å². The van der Waals surface area contributed by atoms with Crippen molar-refractivity contribution < 1.29 is 4.79 Å². The monoisotopic (exact) mass is 216 g/mol. The van der Waals surface area contributed by atoms with Gasteiger partial charge in [0.15, 0.2) is 12.1 Å². The first-order valence-corrected chi connectivity index (χ1v) is 5.04. The molecule has 0 aromatic carbocycles. The molecule has 0 aliphatic rings. The number of hydrogen-bond acceptors (Lipinski definition) is 4. The van der Waals surface area contributed by atoms with Gasteiger partial charge in [-0.1, -0.05) is 13.8 Å². The molecule has 0 saturated carbocycles. The number of pyridine rings is 1. The summed E-state index contributed by atoms with van der Waals surface area (Å²) in [6.45, 7) is 4.03. The Morgan fingerprint density at radius 3 is 2.81 bits per heavy atom. The van der Waals surface area contributed by atoms with Crippen molar-refractivity contribution in [3.63, 3.8) is 0 Å². The van der Waals surface area contributed by atoms with Crippen molar-refractivity contribution in [1.82, 2.24) is 19.7 Å². The van der Waals surface area contributed by atoms with Crippen LogP contribution in [0.1, 0.15) is 36.1 Å². The lowest BCUT2D eigenvalue weighted by molar-refractivity contribution is 0.111. The highest BCUT2D eigenvalue weighted by molar-refractivity contribution is 5.77. The first kappa shape index (κ1) is 10.5. The fourth-order valence-corrected chi connectivity index (χ4v) is 1.35. The van der Waals surface area contributed by atoms with E-state index < -0.39 is 0 Å². The molecule has 2 aromatic heterocycles. The average molecular weight is 216 g/mol. The molecule has 82 valence electrons. The van der Waals surface area contributed by atoms with Gasteiger partial charge in [0.2, 0.25) is 0 Å². The van der Waals surface area contributed by atoms with Crippen molar-refractivity contribution in [2.45, 2.75) is 19.8 Å². The summed E-state index contributed by atoms with van der Waals surface area (Å²) in [5.74, 6) is 1.01. The van der Waals surface area contributed by atoms with Gasteiger partial charge in [-0.15, -0.1) is 0 Å². The zero-order valence-corrected chi connectivity index (χ0v) is 9.16. The summed E-state index contributed by atoms with van der Waals surface area (Å²) in [5.41, 5.74) is 1.01. The third-order valence-corrected chi connectivity index (χ3v) is 2.20. The molecule has 2 rings (SSSR count). The van der Waals surface area contributed by atoms with Crippen LogP contribution in [-0.2, 0) is 0 Å². The van der Waals surface area contributed by atoms with Crippen molar-refractivity contribution in [2.75, 3.05) is 0 Å². The topological polar surface area (TPSA) is 60.7 Å². The molecule has 5 heteroatoms. The molecule has 0 aliphatic heterocycles. The fraction of sp³-hybridized carbons (Fsp3) is 0.273. The van der Waals surface area contributed by atoms with E-state index in [1.807, 2.05) is 13.8 Å². The maximum absolute atomic E-state index is 10.8. The summed E-state index contributed by atoms with van der Waals surface area (Å²) >= 11 is 0. The number of hydrogen-bond donors (Lipinski definition) is 0. The third-order valence-electron chi connectivity index (χ3n) is 2.20. The van der Waals surface area contributed by atoms with E-state index >= 15 is 0 Å². The van der Waals surface area contributed by atoms with Crippen LogP contribution in [0.3, 0.4) is 0 Å². The second kappa shape index (κ2) is 4.22. The van der Waals surface area contributed by atoms with Gasteiger partial charge in [0.1, 0.15) is 12.0 Å². The van der Waals surface area contributed by atoms with Crippen LogP contribution in [0.2, 0.25) is 0 Å². The fourth-order valence-electron chi connectivity index (χ4n) is 1.35. The number of nitrogens with zero attached hydrogens (tertiary/aromatic N) is 4. The van der Waals surface area contributed by atoms with Gasteiger partial charge >= 0.3 is 0 Å². The smallest absolute Gasteiger partial charge is 0.170 e. The summed E-state index contributed by atoms with van der Waals surface area (Å²) < 4.78 is 1.58. The molecule has 0 spiro atoms. The molecule has 0 atom stereocenters. The molecular weight excluding hydrogens is 204 g/mol. The highest BCUT2D eigenvalue weighted by Gasteiger charge is 2.09. The van der Waals surface area contributed by atoms with E-state index in [1.54, 1.807) is 29.3 Å². The highest BCUT2D eigenvalue weighted by Crippen LogP contribution is 2.12. The predicted octanol–water partition coefficient (Wildman–Crippen LogP) is 1.60. The van der Waals surface area contributed by atoms with Crippen molar-refractivity contribution in [1.29, 1.82) is 0 Å². The van der Waals surface area contributed by atoms with Crippen LogP contribution in [0.4, 0.5) is 0 Å². The van der Waals surface area contributed by atoms with Gasteiger partial charge in [-0.25, -0.2) is 9.67 Å². The number of aldehydes is 1. The third kappa shape index (κ3) is 1.84. The number of carbonyl (C=O) groups is 1. The van der Waals surface area contributed by atoms with Crippen LogP contribution in [-0.4, -0.2) is 26.0 Å². The van der Waals surface area contributed by atoms with Crippen molar-refractivity contribution >= 4 is 6.29 Å². The van der Waals surface area contributed by atoms with Crippen LogP contribution < -0.4 is 0 Å². The summed E-state index contributed by atoms with van der Waals surface area (Å²) in [7, 11) is 0. The lowest BCUT2D eigenvalue weighted by Gasteiger charge is -2.02. The highest BCUT2D eigenvalue weighted by atomic mass is 16.1. The largest absolute Gasteiger partial charge is 0.296 e. The van der Waals surface area contributed by atoms with E-state index in [4.69, 9.17) is 0 Å². The van der Waals surface area contributed by atoms with Gasteiger partial charge in [0, 0.05) is 12.1 Å². The first-order chi connectivity index (χ1) is 7.72. The number of carbonyl (C=O) groups excluding carboxylic acids is 1. The normalized spacial score (nSPS) is 10.7. The SMILES string of the molecule is CC(C)c1ncn(-c2cccnc2C=O)n1. The van der Waals surface area contributed by atoms with E-state index in [0.717, 1.165) is 5.82 Å². The summed E-state index contributed by atoms with van der Waals surface area (Å²) in [6.07, 6.45) is 3.89. The molecule has 0 fully saturated rings. The second-order valence-corrected chi connectivity index (χ2v) is 3.73. The first-order valence-electron chi connectivity index (χ1n) is 5.04. The van der Waals surface area contributed by atoms with Crippen molar-refractivity contribution in [3.8, 4) is 5.69 Å². The molecule has 0 bridgehead atoms. The molecule has 0 aliphatic carbocycles. The molecule has 5 nitrogen and oxygen atoms in total. The molecule has 2 aromatic rings. The van der Waals surface area contributed by atoms with Crippen LogP contribution in [0.5, 0.6) is 0 Å². The van der Waals surface area contributed by atoms with E-state index in [2.05, 4.69) is 15.1 Å². The molecular formula is C11H12N4O. The van der Waals surface area contributed by atoms with E-state index in [0.29, 0.717) is 17.7 Å². The molecule has 0 amide bonds. The van der Waals surface area contributed by atoms with Crippen LogP contribution in [0.25, 0.3) is 5.69 Å². The molecule has 2 heterocycles. The van der Waals surface area contributed by atoms with Gasteiger partial charge < -0.3 is 0 Å². The summed E-state index contributed by atoms with van der Waals surface area (Å²) in [4.78, 5) is 19.0. The maximum Gasteiger partial charge on any atom is 0.170 e. The van der Waals surface area contributed by atoms with E-state index in [-0.39, 0.29) is 5.92 Å². The van der Waals surface area contributed by atoms with Crippen molar-refractivity contribution in [3.05, 3.63) is 36.2 Å². The van der Waals surface area contributed by atoms with Gasteiger partial charge in [-0.2, -0.15) is 5.10 Å². The Hall–Kier alpha value is -2.04. The minimum Gasteiger partial charge on any atom is -0.296 e. The standard InChI is InChI=1S/C11H12N4O/c1-8(2)11-13-7-15(14-11)10-4-3-5-12-9(10)6-16/h3-8H,1-2H3. The molecule has 0 unspecified atom stereocenters. The quantitative estimate of drug-likeness (QED) is 0.731. The summed E-state index contributed by atoms with van der Waals surface area (Å²) in [5, 5.41) is 4.30. The second-order valence-electron chi connectivity index (χ2n) is 3.73. The Balaban J connectivity index is 2.46. The maximum atomic E-state index is 10.8. The molecule has 0 radical (unpaired) electrons. The average Bonchev–Trinajstić information content (AvgIpc) is 2.78. The Bertz CT molecular complexity index is 504. The minimum absolute atomic E-state index is 0.262. The summed E-state index contributed by atoms with van der Waals surface area (Å²) in [6, 6.07) is 3.55.